The molecule has 1 aliphatic heterocycles. The van der Waals surface area contributed by atoms with Gasteiger partial charge in [0.1, 0.15) is 0 Å². The summed E-state index contributed by atoms with van der Waals surface area (Å²) in [6, 6.07) is 59.6. The van der Waals surface area contributed by atoms with Gasteiger partial charge in [-0.2, -0.15) is 0 Å². The van der Waals surface area contributed by atoms with Crippen LogP contribution in [0.2, 0.25) is 0 Å². The van der Waals surface area contributed by atoms with Crippen LogP contribution in [0.15, 0.2) is 164 Å². The number of fused-ring (bicyclic) bond motifs is 4. The Hall–Kier alpha value is -5.32. The first kappa shape index (κ1) is 29.8. The van der Waals surface area contributed by atoms with Crippen LogP contribution in [0.3, 0.4) is 0 Å². The van der Waals surface area contributed by atoms with Crippen molar-refractivity contribution < 1.29 is 0 Å². The molecule has 0 amide bonds. The van der Waals surface area contributed by atoms with Crippen molar-refractivity contribution in [3.05, 3.63) is 192 Å². The quantitative estimate of drug-likeness (QED) is 0.177. The van der Waals surface area contributed by atoms with E-state index in [2.05, 4.69) is 194 Å². The van der Waals surface area contributed by atoms with E-state index in [0.717, 1.165) is 0 Å². The average molecular weight is 634 g/mol. The molecule has 0 aromatic heterocycles. The van der Waals surface area contributed by atoms with Gasteiger partial charge in [0.25, 0.3) is 0 Å². The summed E-state index contributed by atoms with van der Waals surface area (Å²) in [5, 5.41) is 14.1. The van der Waals surface area contributed by atoms with E-state index in [1.807, 2.05) is 0 Å². The van der Waals surface area contributed by atoms with Gasteiger partial charge in [-0.05, 0) is 72.0 Å². The second-order valence-electron chi connectivity index (χ2n) is 13.8. The van der Waals surface area contributed by atoms with Gasteiger partial charge in [-0.25, -0.2) is 0 Å². The van der Waals surface area contributed by atoms with E-state index in [-0.39, 0.29) is 23.9 Å². The third-order valence-corrected chi connectivity index (χ3v) is 10.6. The molecule has 0 saturated carbocycles. The maximum absolute atomic E-state index is 3.92. The predicted octanol–water partition coefficient (Wildman–Crippen LogP) is 10.7. The van der Waals surface area contributed by atoms with Crippen LogP contribution in [0.1, 0.15) is 60.2 Å². The van der Waals surface area contributed by atoms with Gasteiger partial charge >= 0.3 is 0 Å². The molecule has 49 heavy (non-hydrogen) atoms. The second kappa shape index (κ2) is 12.0. The summed E-state index contributed by atoms with van der Waals surface area (Å²) < 4.78 is 0. The van der Waals surface area contributed by atoms with Gasteiger partial charge in [0, 0.05) is 5.41 Å². The minimum absolute atomic E-state index is 0.0240. The van der Waals surface area contributed by atoms with Crippen molar-refractivity contribution in [2.24, 2.45) is 0 Å². The zero-order valence-corrected chi connectivity index (χ0v) is 27.8. The number of hydrogen-bond acceptors (Lipinski definition) is 3. The van der Waals surface area contributed by atoms with Crippen molar-refractivity contribution in [1.82, 2.24) is 16.0 Å². The number of benzene rings is 7. The van der Waals surface area contributed by atoms with Gasteiger partial charge in [0.2, 0.25) is 0 Å². The lowest BCUT2D eigenvalue weighted by Gasteiger charge is -2.40. The molecule has 2 unspecified atom stereocenters. The summed E-state index contributed by atoms with van der Waals surface area (Å²) in [7, 11) is 0. The summed E-state index contributed by atoms with van der Waals surface area (Å²) >= 11 is 0. The molecule has 7 aromatic carbocycles. The van der Waals surface area contributed by atoms with Crippen molar-refractivity contribution in [3.63, 3.8) is 0 Å². The van der Waals surface area contributed by atoms with Crippen LogP contribution in [-0.4, -0.2) is 0 Å². The highest BCUT2D eigenvalue weighted by Crippen LogP contribution is 2.52. The SMILES string of the molecule is CC1(C)c2ccccc2-c2c(-c3ccc(-c4c(C5NC(c6ccccc6)NC(c6ccccc6)N5)ccc5ccccc45)cc3)cccc21. The first-order valence-corrected chi connectivity index (χ1v) is 17.3. The molecule has 7 aromatic rings. The van der Waals surface area contributed by atoms with Gasteiger partial charge in [-0.15, -0.1) is 0 Å². The van der Waals surface area contributed by atoms with E-state index in [9.17, 15) is 0 Å². The first-order chi connectivity index (χ1) is 24.1. The van der Waals surface area contributed by atoms with Gasteiger partial charge in [-0.1, -0.05) is 178 Å². The van der Waals surface area contributed by atoms with Crippen molar-refractivity contribution in [2.75, 3.05) is 0 Å². The molecular weight excluding hydrogens is 595 g/mol. The molecule has 0 radical (unpaired) electrons. The monoisotopic (exact) mass is 633 g/mol. The fourth-order valence-electron chi connectivity index (χ4n) is 8.16. The molecule has 3 heteroatoms. The second-order valence-corrected chi connectivity index (χ2v) is 13.8. The third kappa shape index (κ3) is 5.10. The highest BCUT2D eigenvalue weighted by Gasteiger charge is 2.36. The third-order valence-electron chi connectivity index (χ3n) is 10.6. The van der Waals surface area contributed by atoms with Crippen LogP contribution < -0.4 is 16.0 Å². The highest BCUT2D eigenvalue weighted by molar-refractivity contribution is 5.99. The Labute approximate surface area is 288 Å². The van der Waals surface area contributed by atoms with Crippen LogP contribution in [0, 0.1) is 0 Å². The minimum atomic E-state index is -0.105. The zero-order valence-electron chi connectivity index (χ0n) is 27.8. The maximum atomic E-state index is 3.92. The van der Waals surface area contributed by atoms with Crippen molar-refractivity contribution in [1.29, 1.82) is 0 Å². The van der Waals surface area contributed by atoms with E-state index in [4.69, 9.17) is 0 Å². The van der Waals surface area contributed by atoms with Crippen LogP contribution in [0.4, 0.5) is 0 Å². The van der Waals surface area contributed by atoms with E-state index >= 15 is 0 Å². The van der Waals surface area contributed by atoms with Crippen molar-refractivity contribution >= 4 is 10.8 Å². The number of nitrogens with one attached hydrogen (secondary N) is 3. The molecule has 2 atom stereocenters. The summed E-state index contributed by atoms with van der Waals surface area (Å²) in [6.45, 7) is 4.69. The molecule has 9 rings (SSSR count). The Morgan fingerprint density at radius 2 is 0.959 bits per heavy atom. The molecule has 0 spiro atoms. The van der Waals surface area contributed by atoms with Gasteiger partial charge in [-0.3, -0.25) is 16.0 Å². The summed E-state index contributed by atoms with van der Waals surface area (Å²) in [5.41, 5.74) is 14.1. The lowest BCUT2D eigenvalue weighted by Crippen LogP contribution is -2.54. The molecule has 2 aliphatic rings. The maximum Gasteiger partial charge on any atom is 0.0870 e. The van der Waals surface area contributed by atoms with Crippen LogP contribution >= 0.6 is 0 Å². The lowest BCUT2D eigenvalue weighted by molar-refractivity contribution is 0.203. The minimum Gasteiger partial charge on any atom is -0.279 e. The molecule has 238 valence electrons. The van der Waals surface area contributed by atoms with E-state index in [1.54, 1.807) is 0 Å². The lowest BCUT2D eigenvalue weighted by atomic mass is 9.82. The van der Waals surface area contributed by atoms with Gasteiger partial charge in [0.15, 0.2) is 0 Å². The highest BCUT2D eigenvalue weighted by atomic mass is 15.4. The van der Waals surface area contributed by atoms with E-state index < -0.39 is 0 Å². The molecule has 1 saturated heterocycles. The number of hydrogen-bond donors (Lipinski definition) is 3. The largest absolute Gasteiger partial charge is 0.279 e. The Balaban J connectivity index is 1.15. The molecule has 3 nitrogen and oxygen atoms in total. The fraction of sp³-hybridized carbons (Fsp3) is 0.130. The standard InChI is InChI=1S/C46H39N3/c1-46(2)39-22-12-11-20-37(39)42-36(21-13-23-40(42)46)31-24-26-32(27-25-31)41-35-19-10-9-14-30(35)28-29-38(41)45-48-43(33-15-5-3-6-16-33)47-44(49-45)34-17-7-4-8-18-34/h3-29,43-45,47-49H,1-2H3. The smallest absolute Gasteiger partial charge is 0.0870 e. The average Bonchev–Trinajstić information content (AvgIpc) is 3.41. The normalized spacial score (nSPS) is 19.3. The van der Waals surface area contributed by atoms with Crippen molar-refractivity contribution in [3.8, 4) is 33.4 Å². The topological polar surface area (TPSA) is 36.1 Å². The Bertz CT molecular complexity index is 2240. The van der Waals surface area contributed by atoms with Gasteiger partial charge < -0.3 is 0 Å². The fourth-order valence-corrected chi connectivity index (χ4v) is 8.16. The zero-order chi connectivity index (χ0) is 33.0. The number of rotatable bonds is 5. The Morgan fingerprint density at radius 3 is 1.67 bits per heavy atom. The Morgan fingerprint density at radius 1 is 0.408 bits per heavy atom. The molecule has 1 fully saturated rings. The van der Waals surface area contributed by atoms with Crippen LogP contribution in [0.5, 0.6) is 0 Å². The van der Waals surface area contributed by atoms with Gasteiger partial charge in [0.05, 0.1) is 18.5 Å². The van der Waals surface area contributed by atoms with Crippen LogP contribution in [-0.2, 0) is 5.41 Å². The van der Waals surface area contributed by atoms with E-state index in [0.29, 0.717) is 0 Å². The molecule has 1 aliphatic carbocycles. The predicted molar refractivity (Wildman–Crippen MR) is 203 cm³/mol. The summed E-state index contributed by atoms with van der Waals surface area (Å²) in [5.74, 6) is 0. The molecule has 1 heterocycles. The van der Waals surface area contributed by atoms with E-state index in [1.165, 1.54) is 72.0 Å². The first-order valence-electron chi connectivity index (χ1n) is 17.3. The summed E-state index contributed by atoms with van der Waals surface area (Å²) in [4.78, 5) is 0. The summed E-state index contributed by atoms with van der Waals surface area (Å²) in [6.07, 6.45) is -0.176. The molecule has 3 N–H and O–H groups in total. The molecule has 0 bridgehead atoms. The van der Waals surface area contributed by atoms with Crippen LogP contribution in [0.25, 0.3) is 44.2 Å². The van der Waals surface area contributed by atoms with Crippen molar-refractivity contribution in [2.45, 2.75) is 37.8 Å². The Kier molecular flexibility index (Phi) is 7.28. The molecular formula is C46H39N3.